The Bertz CT molecular complexity index is 1610. The van der Waals surface area contributed by atoms with Crippen molar-refractivity contribution in [1.82, 2.24) is 10.1 Å². The number of benzene rings is 2. The Hall–Kier alpha value is -3.35. The van der Waals surface area contributed by atoms with Crippen molar-refractivity contribution in [3.63, 3.8) is 0 Å². The number of anilines is 1. The largest absolute Gasteiger partial charge is 0.477 e. The lowest BCUT2D eigenvalue weighted by atomic mass is 9.64. The van der Waals surface area contributed by atoms with Crippen LogP contribution in [0.3, 0.4) is 0 Å². The summed E-state index contributed by atoms with van der Waals surface area (Å²) in [5.74, 6) is 0.367. The maximum atomic E-state index is 11.2. The van der Waals surface area contributed by atoms with E-state index in [0.29, 0.717) is 21.5 Å². The average Bonchev–Trinajstić information content (AvgIpc) is 3.50. The highest BCUT2D eigenvalue weighted by Gasteiger charge is 2.46. The standard InChI is InChI=1S/C30H25Cl2N3O3/c31-22-2-1-3-23(32)26(22)27-21(28(38-34-27)18-4-5-18)12-17-14-30(15-17)10-11-35(16-30)20-7-9-24-19(13-20)6-8-25(33-24)29(36)37/h1-3,6-9,12-13,18H,4-5,10-11,14-16H2,(H,36,37). The third kappa shape index (κ3) is 4.07. The molecule has 2 aliphatic carbocycles. The van der Waals surface area contributed by atoms with Gasteiger partial charge in [-0.25, -0.2) is 9.78 Å². The van der Waals surface area contributed by atoms with Crippen molar-refractivity contribution in [2.75, 3.05) is 18.0 Å². The molecule has 0 amide bonds. The highest BCUT2D eigenvalue weighted by atomic mass is 35.5. The maximum Gasteiger partial charge on any atom is 0.354 e. The number of carbonyl (C=O) groups is 1. The van der Waals surface area contributed by atoms with Gasteiger partial charge in [0.2, 0.25) is 0 Å². The van der Waals surface area contributed by atoms with Crippen molar-refractivity contribution in [2.24, 2.45) is 5.41 Å². The number of aromatic carboxylic acids is 1. The second kappa shape index (κ2) is 8.85. The molecule has 0 radical (unpaired) electrons. The minimum Gasteiger partial charge on any atom is -0.477 e. The highest BCUT2D eigenvalue weighted by Crippen LogP contribution is 2.54. The molecule has 2 aromatic heterocycles. The van der Waals surface area contributed by atoms with E-state index in [1.54, 1.807) is 6.07 Å². The third-order valence-electron chi connectivity index (χ3n) is 8.15. The molecule has 1 spiro atoms. The minimum atomic E-state index is -1.01. The fraction of sp³-hybridized carbons (Fsp3) is 0.300. The van der Waals surface area contributed by atoms with E-state index in [-0.39, 0.29) is 11.1 Å². The summed E-state index contributed by atoms with van der Waals surface area (Å²) < 4.78 is 5.84. The lowest BCUT2D eigenvalue weighted by Gasteiger charge is -2.41. The molecule has 1 aliphatic heterocycles. The Balaban J connectivity index is 1.12. The zero-order chi connectivity index (χ0) is 26.0. The SMILES string of the molecule is O=C(O)c1ccc2cc(N3CCC4(CC(=Cc5c(-c6c(Cl)cccc6Cl)noc5C5CC5)C4)C3)ccc2n1. The van der Waals surface area contributed by atoms with Crippen LogP contribution >= 0.6 is 23.2 Å². The van der Waals surface area contributed by atoms with Crippen molar-refractivity contribution in [3.8, 4) is 11.3 Å². The topological polar surface area (TPSA) is 79.5 Å². The van der Waals surface area contributed by atoms with Crippen molar-refractivity contribution in [2.45, 2.75) is 38.0 Å². The smallest absolute Gasteiger partial charge is 0.354 e. The van der Waals surface area contributed by atoms with Gasteiger partial charge in [-0.05, 0) is 80.0 Å². The van der Waals surface area contributed by atoms with Crippen LogP contribution in [0.2, 0.25) is 10.0 Å². The molecule has 7 rings (SSSR count). The van der Waals surface area contributed by atoms with E-state index in [1.165, 1.54) is 5.57 Å². The summed E-state index contributed by atoms with van der Waals surface area (Å²) in [6.07, 6.45) is 7.75. The minimum absolute atomic E-state index is 0.0665. The first-order chi connectivity index (χ1) is 18.4. The number of halogens is 2. The zero-order valence-electron chi connectivity index (χ0n) is 20.6. The fourth-order valence-corrected chi connectivity index (χ4v) is 6.66. The van der Waals surface area contributed by atoms with Crippen molar-refractivity contribution < 1.29 is 14.4 Å². The number of fused-ring (bicyclic) bond motifs is 1. The van der Waals surface area contributed by atoms with Gasteiger partial charge in [-0.3, -0.25) is 0 Å². The van der Waals surface area contributed by atoms with Crippen LogP contribution in [0.15, 0.2) is 58.6 Å². The molecule has 4 aromatic rings. The van der Waals surface area contributed by atoms with Gasteiger partial charge >= 0.3 is 5.97 Å². The molecule has 2 aromatic carbocycles. The van der Waals surface area contributed by atoms with Crippen molar-refractivity contribution in [1.29, 1.82) is 0 Å². The molecule has 3 fully saturated rings. The summed E-state index contributed by atoms with van der Waals surface area (Å²) in [5.41, 5.74) is 6.10. The first-order valence-electron chi connectivity index (χ1n) is 12.9. The Morgan fingerprint density at radius 1 is 1.11 bits per heavy atom. The van der Waals surface area contributed by atoms with Crippen molar-refractivity contribution in [3.05, 3.63) is 81.2 Å². The van der Waals surface area contributed by atoms with Gasteiger partial charge in [0, 0.05) is 41.2 Å². The van der Waals surface area contributed by atoms with Crippen LogP contribution in [0.5, 0.6) is 0 Å². The fourth-order valence-electron chi connectivity index (χ4n) is 6.08. The van der Waals surface area contributed by atoms with Gasteiger partial charge < -0.3 is 14.5 Å². The summed E-state index contributed by atoms with van der Waals surface area (Å²) >= 11 is 13.1. The van der Waals surface area contributed by atoms with E-state index in [4.69, 9.17) is 27.7 Å². The van der Waals surface area contributed by atoms with E-state index >= 15 is 0 Å². The summed E-state index contributed by atoms with van der Waals surface area (Å²) in [4.78, 5) is 17.9. The number of hydrogen-bond donors (Lipinski definition) is 1. The van der Waals surface area contributed by atoms with Gasteiger partial charge in [0.05, 0.1) is 15.6 Å². The molecule has 3 heterocycles. The quantitative estimate of drug-likeness (QED) is 0.275. The number of carboxylic acids is 1. The van der Waals surface area contributed by atoms with Crippen LogP contribution in [-0.4, -0.2) is 34.3 Å². The summed E-state index contributed by atoms with van der Waals surface area (Å²) in [5, 5.41) is 15.7. The molecular formula is C30H25Cl2N3O3. The molecule has 192 valence electrons. The lowest BCUT2D eigenvalue weighted by molar-refractivity contribution is 0.0691. The first kappa shape index (κ1) is 23.7. The Kier molecular flexibility index (Phi) is 5.53. The number of allylic oxidation sites excluding steroid dienone is 1. The zero-order valence-corrected chi connectivity index (χ0v) is 22.1. The van der Waals surface area contributed by atoms with Crippen LogP contribution in [0.1, 0.15) is 59.8 Å². The van der Waals surface area contributed by atoms with Gasteiger partial charge in [-0.15, -0.1) is 0 Å². The second-order valence-corrected chi connectivity index (χ2v) is 11.7. The van der Waals surface area contributed by atoms with Gasteiger partial charge in [0.1, 0.15) is 17.1 Å². The molecule has 0 unspecified atom stereocenters. The van der Waals surface area contributed by atoms with E-state index < -0.39 is 5.97 Å². The van der Waals surface area contributed by atoms with E-state index in [0.717, 1.165) is 78.8 Å². The number of pyridine rings is 1. The van der Waals surface area contributed by atoms with Crippen LogP contribution < -0.4 is 4.90 Å². The van der Waals surface area contributed by atoms with Crippen molar-refractivity contribution >= 4 is 51.8 Å². The second-order valence-electron chi connectivity index (χ2n) is 10.9. The lowest BCUT2D eigenvalue weighted by Crippen LogP contribution is -2.34. The monoisotopic (exact) mass is 545 g/mol. The number of nitrogens with zero attached hydrogens (tertiary/aromatic N) is 3. The Morgan fingerprint density at radius 2 is 1.89 bits per heavy atom. The highest BCUT2D eigenvalue weighted by molar-refractivity contribution is 6.39. The first-order valence-corrected chi connectivity index (χ1v) is 13.7. The van der Waals surface area contributed by atoms with Crippen LogP contribution in [0, 0.1) is 5.41 Å². The van der Waals surface area contributed by atoms with Gasteiger partial charge in [-0.1, -0.05) is 46.1 Å². The molecule has 8 heteroatoms. The predicted molar refractivity (Wildman–Crippen MR) is 149 cm³/mol. The molecule has 2 saturated carbocycles. The molecule has 1 N–H and O–H groups in total. The summed E-state index contributed by atoms with van der Waals surface area (Å²) in [6, 6.07) is 15.0. The van der Waals surface area contributed by atoms with Crippen LogP contribution in [-0.2, 0) is 0 Å². The van der Waals surface area contributed by atoms with E-state index in [2.05, 4.69) is 27.2 Å². The van der Waals surface area contributed by atoms with Gasteiger partial charge in [0.15, 0.2) is 0 Å². The molecular weight excluding hydrogens is 521 g/mol. The van der Waals surface area contributed by atoms with Gasteiger partial charge in [0.25, 0.3) is 0 Å². The number of hydrogen-bond acceptors (Lipinski definition) is 5. The molecule has 6 nitrogen and oxygen atoms in total. The van der Waals surface area contributed by atoms with Crippen LogP contribution in [0.25, 0.3) is 28.2 Å². The molecule has 1 saturated heterocycles. The number of rotatable bonds is 5. The molecule has 0 bridgehead atoms. The Morgan fingerprint density at radius 3 is 2.63 bits per heavy atom. The van der Waals surface area contributed by atoms with E-state index in [9.17, 15) is 9.90 Å². The number of carboxylic acid groups (broad SMARTS) is 1. The summed E-state index contributed by atoms with van der Waals surface area (Å²) in [7, 11) is 0. The molecule has 3 aliphatic rings. The van der Waals surface area contributed by atoms with E-state index in [1.807, 2.05) is 36.4 Å². The maximum absolute atomic E-state index is 11.2. The van der Waals surface area contributed by atoms with Gasteiger partial charge in [-0.2, -0.15) is 0 Å². The molecule has 0 atom stereocenters. The number of aromatic nitrogens is 2. The summed E-state index contributed by atoms with van der Waals surface area (Å²) in [6.45, 7) is 2.00. The normalized spacial score (nSPS) is 20.8. The molecule has 38 heavy (non-hydrogen) atoms. The predicted octanol–water partition coefficient (Wildman–Crippen LogP) is 7.85. The Labute approximate surface area is 229 Å². The average molecular weight is 546 g/mol. The third-order valence-corrected chi connectivity index (χ3v) is 8.78. The van der Waals surface area contributed by atoms with Crippen LogP contribution in [0.4, 0.5) is 5.69 Å².